The molecular formula is C81H155NO5. The summed E-state index contributed by atoms with van der Waals surface area (Å²) >= 11 is 0. The molecule has 0 bridgehead atoms. The summed E-state index contributed by atoms with van der Waals surface area (Å²) in [4.78, 5) is 24.6. The molecule has 0 saturated carbocycles. The largest absolute Gasteiger partial charge is 0.466 e. The van der Waals surface area contributed by atoms with Crippen LogP contribution in [0.15, 0.2) is 36.5 Å². The van der Waals surface area contributed by atoms with Crippen molar-refractivity contribution in [2.45, 2.75) is 456 Å². The highest BCUT2D eigenvalue weighted by atomic mass is 16.5. The lowest BCUT2D eigenvalue weighted by Crippen LogP contribution is -2.45. The van der Waals surface area contributed by atoms with Gasteiger partial charge >= 0.3 is 5.97 Å². The fourth-order valence-electron chi connectivity index (χ4n) is 12.6. The SMILES string of the molecule is CCCCCCCCCCCCCCCCC/C=C/C(O)C(CO)NC(=O)CCCCCCCCCCCCCCCCCCC/C=C\C/C=C\CCCCCCCCCCCCCCCOC(=O)CCCCCCCCCCCCCCCCCC. The van der Waals surface area contributed by atoms with Crippen LogP contribution in [0.2, 0.25) is 0 Å². The zero-order valence-electron chi connectivity index (χ0n) is 59.0. The van der Waals surface area contributed by atoms with Gasteiger partial charge in [0.1, 0.15) is 0 Å². The van der Waals surface area contributed by atoms with Crippen molar-refractivity contribution in [2.75, 3.05) is 13.2 Å². The minimum atomic E-state index is -0.843. The highest BCUT2D eigenvalue weighted by molar-refractivity contribution is 5.76. The van der Waals surface area contributed by atoms with Crippen LogP contribution < -0.4 is 5.32 Å². The fraction of sp³-hybridized carbons (Fsp3) is 0.901. The molecule has 0 aliphatic carbocycles. The van der Waals surface area contributed by atoms with Crippen molar-refractivity contribution in [2.24, 2.45) is 0 Å². The maximum absolute atomic E-state index is 12.5. The van der Waals surface area contributed by atoms with Crippen molar-refractivity contribution in [3.63, 3.8) is 0 Å². The van der Waals surface area contributed by atoms with Gasteiger partial charge in [0.15, 0.2) is 0 Å². The average molecular weight is 1220 g/mol. The van der Waals surface area contributed by atoms with Crippen molar-refractivity contribution >= 4 is 11.9 Å². The Balaban J connectivity index is 3.36. The van der Waals surface area contributed by atoms with Crippen LogP contribution in [-0.2, 0) is 14.3 Å². The number of esters is 1. The molecule has 2 unspecified atom stereocenters. The number of allylic oxidation sites excluding steroid dienone is 5. The Morgan fingerprint density at radius 3 is 0.874 bits per heavy atom. The van der Waals surface area contributed by atoms with Crippen molar-refractivity contribution < 1.29 is 24.5 Å². The van der Waals surface area contributed by atoms with Crippen LogP contribution >= 0.6 is 0 Å². The number of aliphatic hydroxyl groups excluding tert-OH is 2. The molecule has 0 aliphatic heterocycles. The Morgan fingerprint density at radius 2 is 0.575 bits per heavy atom. The number of carbonyl (C=O) groups excluding carboxylic acids is 2. The molecule has 0 aromatic heterocycles. The highest BCUT2D eigenvalue weighted by Crippen LogP contribution is 2.20. The Labute approximate surface area is 544 Å². The van der Waals surface area contributed by atoms with Crippen molar-refractivity contribution in [1.82, 2.24) is 5.32 Å². The van der Waals surface area contributed by atoms with Crippen molar-refractivity contribution in [3.05, 3.63) is 36.5 Å². The van der Waals surface area contributed by atoms with Gasteiger partial charge in [-0.25, -0.2) is 0 Å². The molecule has 0 aromatic rings. The first kappa shape index (κ1) is 85.1. The number of hydrogen-bond donors (Lipinski definition) is 3. The van der Waals surface area contributed by atoms with Gasteiger partial charge in [-0.2, -0.15) is 0 Å². The maximum atomic E-state index is 12.5. The van der Waals surface area contributed by atoms with Gasteiger partial charge in [0, 0.05) is 12.8 Å². The van der Waals surface area contributed by atoms with Gasteiger partial charge in [0.25, 0.3) is 0 Å². The minimum absolute atomic E-state index is 0.0228. The molecule has 0 heterocycles. The third-order valence-corrected chi connectivity index (χ3v) is 18.7. The van der Waals surface area contributed by atoms with E-state index in [0.29, 0.717) is 19.4 Å². The average Bonchev–Trinajstić information content (AvgIpc) is 3.54. The van der Waals surface area contributed by atoms with Gasteiger partial charge in [-0.05, 0) is 64.2 Å². The predicted molar refractivity (Wildman–Crippen MR) is 384 cm³/mol. The topological polar surface area (TPSA) is 95.9 Å². The van der Waals surface area contributed by atoms with Crippen LogP contribution in [0.3, 0.4) is 0 Å². The lowest BCUT2D eigenvalue weighted by molar-refractivity contribution is -0.143. The zero-order chi connectivity index (χ0) is 62.8. The number of nitrogens with one attached hydrogen (secondary N) is 1. The third-order valence-electron chi connectivity index (χ3n) is 18.7. The predicted octanol–water partition coefficient (Wildman–Crippen LogP) is 26.2. The number of carbonyl (C=O) groups is 2. The Bertz CT molecular complexity index is 1410. The van der Waals surface area contributed by atoms with E-state index < -0.39 is 12.1 Å². The molecule has 0 spiro atoms. The molecule has 87 heavy (non-hydrogen) atoms. The van der Waals surface area contributed by atoms with E-state index in [-0.39, 0.29) is 18.5 Å². The second kappa shape index (κ2) is 76.5. The Hall–Kier alpha value is -1.92. The number of ether oxygens (including phenoxy) is 1. The summed E-state index contributed by atoms with van der Waals surface area (Å²) < 4.78 is 5.51. The zero-order valence-corrected chi connectivity index (χ0v) is 59.0. The van der Waals surface area contributed by atoms with E-state index in [2.05, 4.69) is 43.5 Å². The van der Waals surface area contributed by atoms with Gasteiger partial charge in [-0.1, -0.05) is 403 Å². The molecule has 2 atom stereocenters. The van der Waals surface area contributed by atoms with E-state index in [1.54, 1.807) is 6.08 Å². The molecule has 0 aliphatic rings. The van der Waals surface area contributed by atoms with E-state index >= 15 is 0 Å². The van der Waals surface area contributed by atoms with Crippen LogP contribution in [0.4, 0.5) is 0 Å². The highest BCUT2D eigenvalue weighted by Gasteiger charge is 2.18. The first-order valence-corrected chi connectivity index (χ1v) is 39.8. The van der Waals surface area contributed by atoms with Crippen LogP contribution in [0.5, 0.6) is 0 Å². The van der Waals surface area contributed by atoms with E-state index in [9.17, 15) is 19.8 Å². The fourth-order valence-corrected chi connectivity index (χ4v) is 12.6. The normalized spacial score (nSPS) is 12.6. The summed E-state index contributed by atoms with van der Waals surface area (Å²) in [6.07, 6.45) is 99.9. The van der Waals surface area contributed by atoms with Crippen LogP contribution in [0, 0.1) is 0 Å². The van der Waals surface area contributed by atoms with Gasteiger partial charge < -0.3 is 20.3 Å². The van der Waals surface area contributed by atoms with Crippen LogP contribution in [0.1, 0.15) is 444 Å². The minimum Gasteiger partial charge on any atom is -0.466 e. The molecule has 6 heteroatoms. The lowest BCUT2D eigenvalue weighted by Gasteiger charge is -2.20. The molecule has 514 valence electrons. The second-order valence-electron chi connectivity index (χ2n) is 27.4. The standard InChI is InChI=1S/C81H155NO5/c1-3-5-7-9-11-13-15-17-19-42-45-49-53-57-61-65-69-73-79(84)78(77-83)82-80(85)74-70-66-62-58-54-50-46-43-40-38-36-34-32-30-28-26-24-22-21-23-25-27-29-31-33-35-37-39-41-44-48-52-56-60-64-68-72-76-87-81(86)75-71-67-63-59-55-51-47-20-18-16-14-12-10-8-6-4-2/h21,23,27,29,69,73,78-79,83-84H,3-20,22,24-26,28,30-68,70-72,74-77H2,1-2H3,(H,82,85)/b23-21-,29-27-,73-69+. The van der Waals surface area contributed by atoms with Crippen LogP contribution in [-0.4, -0.2) is 47.4 Å². The Kier molecular flexibility index (Phi) is 74.8. The molecule has 3 N–H and O–H groups in total. The van der Waals surface area contributed by atoms with Gasteiger partial charge in [-0.15, -0.1) is 0 Å². The number of aliphatic hydroxyl groups is 2. The van der Waals surface area contributed by atoms with E-state index in [0.717, 1.165) is 44.9 Å². The van der Waals surface area contributed by atoms with E-state index in [4.69, 9.17) is 4.74 Å². The molecule has 1 amide bonds. The van der Waals surface area contributed by atoms with Crippen LogP contribution in [0.25, 0.3) is 0 Å². The monoisotopic (exact) mass is 1220 g/mol. The van der Waals surface area contributed by atoms with Crippen molar-refractivity contribution in [3.8, 4) is 0 Å². The van der Waals surface area contributed by atoms with Crippen molar-refractivity contribution in [1.29, 1.82) is 0 Å². The first-order valence-electron chi connectivity index (χ1n) is 39.8. The quantitative estimate of drug-likeness (QED) is 0.0320. The third kappa shape index (κ3) is 73.0. The van der Waals surface area contributed by atoms with Gasteiger partial charge in [0.2, 0.25) is 5.91 Å². The summed E-state index contributed by atoms with van der Waals surface area (Å²) in [6.45, 7) is 4.95. The molecule has 0 aromatic carbocycles. The van der Waals surface area contributed by atoms with E-state index in [1.165, 1.54) is 372 Å². The smallest absolute Gasteiger partial charge is 0.305 e. The number of hydrogen-bond acceptors (Lipinski definition) is 5. The molecule has 0 fully saturated rings. The van der Waals surface area contributed by atoms with E-state index in [1.807, 2.05) is 6.08 Å². The maximum Gasteiger partial charge on any atom is 0.305 e. The molecule has 0 saturated heterocycles. The summed E-state index contributed by atoms with van der Waals surface area (Å²) in [5.74, 6) is -0.0391. The summed E-state index contributed by atoms with van der Waals surface area (Å²) in [7, 11) is 0. The Morgan fingerprint density at radius 1 is 0.322 bits per heavy atom. The molecule has 6 nitrogen and oxygen atoms in total. The number of rotatable bonds is 75. The molecule has 0 rings (SSSR count). The molecule has 0 radical (unpaired) electrons. The second-order valence-corrected chi connectivity index (χ2v) is 27.4. The molecular weight excluding hydrogens is 1070 g/mol. The van der Waals surface area contributed by atoms with Gasteiger partial charge in [-0.3, -0.25) is 9.59 Å². The number of unbranched alkanes of at least 4 members (excludes halogenated alkanes) is 60. The summed E-state index contributed by atoms with van der Waals surface area (Å²) in [5, 5.41) is 23.2. The lowest BCUT2D eigenvalue weighted by atomic mass is 10.0. The number of amides is 1. The first-order chi connectivity index (χ1) is 43.0. The summed E-state index contributed by atoms with van der Waals surface area (Å²) in [5.41, 5.74) is 0. The van der Waals surface area contributed by atoms with Gasteiger partial charge in [0.05, 0.1) is 25.4 Å². The summed E-state index contributed by atoms with van der Waals surface area (Å²) in [6, 6.07) is -0.626.